The Morgan fingerprint density at radius 2 is 1.70 bits per heavy atom. The zero-order chi connectivity index (χ0) is 16.4. The van der Waals surface area contributed by atoms with Gasteiger partial charge in [0.1, 0.15) is 0 Å². The number of nitrogens with zero attached hydrogens (tertiary/aromatic N) is 1. The van der Waals surface area contributed by atoms with Crippen LogP contribution < -0.4 is 6.15 Å². The molecule has 0 heterocycles. The predicted octanol–water partition coefficient (Wildman–Crippen LogP) is 4.20. The summed E-state index contributed by atoms with van der Waals surface area (Å²) in [6.45, 7) is 6.49. The van der Waals surface area contributed by atoms with Gasteiger partial charge in [0, 0.05) is 12.1 Å². The van der Waals surface area contributed by atoms with Crippen molar-refractivity contribution in [2.24, 2.45) is 5.41 Å². The van der Waals surface area contributed by atoms with E-state index in [2.05, 4.69) is 13.8 Å². The van der Waals surface area contributed by atoms with Crippen LogP contribution in [-0.2, 0) is 16.8 Å². The summed E-state index contributed by atoms with van der Waals surface area (Å²) in [6.07, 6.45) is 4.58. The molecule has 1 aromatic carbocycles. The minimum atomic E-state index is -4.27. The molecule has 2 rings (SSSR count). The molecular formula is C17H30N2O3S. The van der Waals surface area contributed by atoms with E-state index in [9.17, 15) is 13.0 Å². The summed E-state index contributed by atoms with van der Waals surface area (Å²) in [7, 11) is -4.27. The average molecular weight is 343 g/mol. The maximum Gasteiger partial charge on any atom is 0.336 e. The molecule has 0 aliphatic heterocycles. The fraction of sp³-hybridized carbons (Fsp3) is 0.647. The number of rotatable bonds is 5. The Morgan fingerprint density at radius 3 is 2.17 bits per heavy atom. The second-order valence-electron chi connectivity index (χ2n) is 6.95. The minimum Gasteiger partial charge on any atom is -0.344 e. The lowest BCUT2D eigenvalue weighted by molar-refractivity contribution is -0.0130. The topological polar surface area (TPSA) is 92.6 Å². The second-order valence-corrected chi connectivity index (χ2v) is 8.28. The average Bonchev–Trinajstić information content (AvgIpc) is 2.45. The van der Waals surface area contributed by atoms with Crippen molar-refractivity contribution in [1.29, 1.82) is 0 Å². The van der Waals surface area contributed by atoms with Gasteiger partial charge in [-0.25, -0.2) is 0 Å². The van der Waals surface area contributed by atoms with E-state index < -0.39 is 15.8 Å². The molecule has 1 fully saturated rings. The maximum atomic E-state index is 12.2. The van der Waals surface area contributed by atoms with Crippen molar-refractivity contribution in [2.45, 2.75) is 65.0 Å². The monoisotopic (exact) mass is 342 g/mol. The van der Waals surface area contributed by atoms with E-state index in [-0.39, 0.29) is 18.1 Å². The van der Waals surface area contributed by atoms with Gasteiger partial charge in [0.05, 0.1) is 0 Å². The van der Waals surface area contributed by atoms with Crippen LogP contribution in [0.15, 0.2) is 30.3 Å². The summed E-state index contributed by atoms with van der Waals surface area (Å²) in [4.78, 5) is 0. The fourth-order valence-corrected chi connectivity index (χ4v) is 5.27. The van der Waals surface area contributed by atoms with Crippen LogP contribution in [0.25, 0.3) is 0 Å². The molecule has 132 valence electrons. The Labute approximate surface area is 140 Å². The van der Waals surface area contributed by atoms with Crippen LogP contribution >= 0.6 is 0 Å². The SMILES string of the molecule is CCC1(N(Cc2ccccc2)S(=O)(=O)O)CCCCC1(C)C.N. The summed E-state index contributed by atoms with van der Waals surface area (Å²) in [5.41, 5.74) is 0.202. The summed E-state index contributed by atoms with van der Waals surface area (Å²) in [5, 5.41) is 0. The van der Waals surface area contributed by atoms with Crippen LogP contribution in [0.5, 0.6) is 0 Å². The molecule has 5 nitrogen and oxygen atoms in total. The molecule has 0 bridgehead atoms. The van der Waals surface area contributed by atoms with Crippen LogP contribution in [0.1, 0.15) is 58.4 Å². The van der Waals surface area contributed by atoms with Crippen molar-refractivity contribution in [1.82, 2.24) is 10.5 Å². The van der Waals surface area contributed by atoms with Crippen LogP contribution in [0.2, 0.25) is 0 Å². The molecule has 23 heavy (non-hydrogen) atoms. The Hall–Kier alpha value is -0.950. The lowest BCUT2D eigenvalue weighted by atomic mass is 9.62. The Morgan fingerprint density at radius 1 is 1.13 bits per heavy atom. The van der Waals surface area contributed by atoms with Crippen LogP contribution in [-0.4, -0.2) is 22.8 Å². The van der Waals surface area contributed by atoms with Gasteiger partial charge >= 0.3 is 10.3 Å². The highest BCUT2D eigenvalue weighted by Crippen LogP contribution is 2.50. The Balaban J connectivity index is 0.00000264. The van der Waals surface area contributed by atoms with Gasteiger partial charge in [-0.15, -0.1) is 0 Å². The quantitative estimate of drug-likeness (QED) is 0.784. The standard InChI is InChI=1S/C17H27NO3S.H3N/c1-4-17(13-9-8-12-16(17,2)3)18(22(19,20)21)14-15-10-6-5-7-11-15;/h5-7,10-11H,4,8-9,12-14H2,1-3H3,(H,19,20,21);1H3. The van der Waals surface area contributed by atoms with E-state index in [1.807, 2.05) is 37.3 Å². The first kappa shape index (κ1) is 20.1. The van der Waals surface area contributed by atoms with E-state index in [0.717, 1.165) is 31.2 Å². The van der Waals surface area contributed by atoms with Gasteiger partial charge in [-0.05, 0) is 30.2 Å². The number of benzene rings is 1. The molecule has 0 spiro atoms. The molecule has 6 heteroatoms. The molecule has 0 amide bonds. The summed E-state index contributed by atoms with van der Waals surface area (Å²) in [5.74, 6) is 0. The fourth-order valence-electron chi connectivity index (χ4n) is 4.05. The van der Waals surface area contributed by atoms with Crippen molar-refractivity contribution in [3.63, 3.8) is 0 Å². The molecule has 1 aliphatic carbocycles. The highest BCUT2D eigenvalue weighted by atomic mass is 32.2. The Kier molecular flexibility index (Phi) is 6.38. The molecule has 1 saturated carbocycles. The number of hydrogen-bond donors (Lipinski definition) is 2. The van der Waals surface area contributed by atoms with Gasteiger partial charge < -0.3 is 6.15 Å². The van der Waals surface area contributed by atoms with Gasteiger partial charge in [-0.2, -0.15) is 12.7 Å². The second kappa shape index (κ2) is 7.30. The van der Waals surface area contributed by atoms with Crippen molar-refractivity contribution < 1.29 is 13.0 Å². The molecular weight excluding hydrogens is 312 g/mol. The third-order valence-corrected chi connectivity index (χ3v) is 6.45. The molecule has 1 aliphatic rings. The maximum absolute atomic E-state index is 12.2. The van der Waals surface area contributed by atoms with Crippen molar-refractivity contribution in [3.8, 4) is 0 Å². The van der Waals surface area contributed by atoms with Crippen molar-refractivity contribution in [2.75, 3.05) is 0 Å². The van der Waals surface area contributed by atoms with Crippen molar-refractivity contribution >= 4 is 10.3 Å². The highest BCUT2D eigenvalue weighted by molar-refractivity contribution is 7.83. The molecule has 0 radical (unpaired) electrons. The lowest BCUT2D eigenvalue weighted by Gasteiger charge is -2.54. The molecule has 1 atom stereocenters. The number of hydrogen-bond acceptors (Lipinski definition) is 3. The van der Waals surface area contributed by atoms with E-state index >= 15 is 0 Å². The van der Waals surface area contributed by atoms with E-state index in [1.54, 1.807) is 0 Å². The van der Waals surface area contributed by atoms with Crippen LogP contribution in [0.3, 0.4) is 0 Å². The van der Waals surface area contributed by atoms with Gasteiger partial charge in [-0.1, -0.05) is 63.9 Å². The van der Waals surface area contributed by atoms with Crippen molar-refractivity contribution in [3.05, 3.63) is 35.9 Å². The third-order valence-electron chi connectivity index (χ3n) is 5.41. The largest absolute Gasteiger partial charge is 0.344 e. The molecule has 1 aromatic rings. The zero-order valence-corrected chi connectivity index (χ0v) is 15.3. The van der Waals surface area contributed by atoms with E-state index in [1.165, 1.54) is 4.31 Å². The normalized spacial score (nSPS) is 24.2. The van der Waals surface area contributed by atoms with E-state index in [0.29, 0.717) is 6.42 Å². The van der Waals surface area contributed by atoms with E-state index in [4.69, 9.17) is 0 Å². The first-order valence-corrected chi connectivity index (χ1v) is 9.42. The summed E-state index contributed by atoms with van der Waals surface area (Å²) >= 11 is 0. The third kappa shape index (κ3) is 3.94. The van der Waals surface area contributed by atoms with Gasteiger partial charge in [0.25, 0.3) is 0 Å². The molecule has 0 saturated heterocycles. The summed E-state index contributed by atoms with van der Waals surface area (Å²) in [6, 6.07) is 9.49. The predicted molar refractivity (Wildman–Crippen MR) is 93.8 cm³/mol. The molecule has 0 aromatic heterocycles. The zero-order valence-electron chi connectivity index (χ0n) is 14.5. The Bertz CT molecular complexity index is 602. The van der Waals surface area contributed by atoms with Gasteiger partial charge in [0.15, 0.2) is 0 Å². The summed E-state index contributed by atoms with van der Waals surface area (Å²) < 4.78 is 35.6. The first-order valence-electron chi connectivity index (χ1n) is 8.02. The molecule has 1 unspecified atom stereocenters. The first-order chi connectivity index (χ1) is 10.2. The van der Waals surface area contributed by atoms with Crippen LogP contribution in [0.4, 0.5) is 0 Å². The minimum absolute atomic E-state index is 0. The van der Waals surface area contributed by atoms with Gasteiger partial charge in [0.2, 0.25) is 0 Å². The molecule has 4 N–H and O–H groups in total. The lowest BCUT2D eigenvalue weighted by Crippen LogP contribution is -2.60. The smallest absolute Gasteiger partial charge is 0.336 e. The van der Waals surface area contributed by atoms with Gasteiger partial charge in [-0.3, -0.25) is 4.55 Å². The van der Waals surface area contributed by atoms with Crippen LogP contribution in [0, 0.1) is 5.41 Å². The highest BCUT2D eigenvalue weighted by Gasteiger charge is 2.52.